The standard InChI is InChI=1S/C16H15FN4O2S2/c1-10-4-5-13(12(17)7-10)19-14(22)9-24-16-21-20-15(25-16)18-8-11-3-2-6-23-11/h2-7H,8-9H2,1H3,(H,18,20)(H,19,22). The van der Waals surface area contributed by atoms with Gasteiger partial charge in [-0.1, -0.05) is 29.2 Å². The quantitative estimate of drug-likeness (QED) is 0.607. The number of amides is 1. The molecule has 9 heteroatoms. The van der Waals surface area contributed by atoms with Crippen LogP contribution in [0.1, 0.15) is 11.3 Å². The molecular formula is C16H15FN4O2S2. The van der Waals surface area contributed by atoms with Crippen molar-refractivity contribution >= 4 is 39.8 Å². The highest BCUT2D eigenvalue weighted by Crippen LogP contribution is 2.26. The Morgan fingerprint density at radius 2 is 2.24 bits per heavy atom. The minimum absolute atomic E-state index is 0.125. The van der Waals surface area contributed by atoms with Gasteiger partial charge in [0.1, 0.15) is 11.6 Å². The highest BCUT2D eigenvalue weighted by Gasteiger charge is 2.10. The number of furan rings is 1. The molecule has 0 aliphatic heterocycles. The summed E-state index contributed by atoms with van der Waals surface area (Å²) in [5, 5.41) is 14.3. The van der Waals surface area contributed by atoms with Gasteiger partial charge in [-0.05, 0) is 36.8 Å². The van der Waals surface area contributed by atoms with Gasteiger partial charge in [-0.15, -0.1) is 10.2 Å². The van der Waals surface area contributed by atoms with Crippen LogP contribution in [0.3, 0.4) is 0 Å². The lowest BCUT2D eigenvalue weighted by Gasteiger charge is -2.06. The van der Waals surface area contributed by atoms with Crippen LogP contribution in [0.15, 0.2) is 45.4 Å². The Morgan fingerprint density at radius 3 is 3.00 bits per heavy atom. The largest absolute Gasteiger partial charge is 0.467 e. The summed E-state index contributed by atoms with van der Waals surface area (Å²) < 4.78 is 19.6. The van der Waals surface area contributed by atoms with E-state index in [4.69, 9.17) is 4.42 Å². The van der Waals surface area contributed by atoms with Gasteiger partial charge in [-0.2, -0.15) is 0 Å². The first-order valence-electron chi connectivity index (χ1n) is 7.39. The molecule has 0 unspecified atom stereocenters. The summed E-state index contributed by atoms with van der Waals surface area (Å²) in [5.41, 5.74) is 0.975. The molecule has 6 nitrogen and oxygen atoms in total. The number of aryl methyl sites for hydroxylation is 1. The van der Waals surface area contributed by atoms with Crippen LogP contribution in [-0.4, -0.2) is 21.9 Å². The minimum atomic E-state index is -0.446. The number of anilines is 2. The van der Waals surface area contributed by atoms with E-state index < -0.39 is 5.82 Å². The van der Waals surface area contributed by atoms with E-state index in [-0.39, 0.29) is 17.3 Å². The summed E-state index contributed by atoms with van der Waals surface area (Å²) in [6.07, 6.45) is 1.61. The van der Waals surface area contributed by atoms with Crippen LogP contribution >= 0.6 is 23.1 Å². The Balaban J connectivity index is 1.47. The van der Waals surface area contributed by atoms with E-state index in [0.29, 0.717) is 16.0 Å². The van der Waals surface area contributed by atoms with Crippen LogP contribution < -0.4 is 10.6 Å². The smallest absolute Gasteiger partial charge is 0.234 e. The number of carbonyl (C=O) groups excluding carboxylic acids is 1. The van der Waals surface area contributed by atoms with Crippen molar-refractivity contribution in [2.24, 2.45) is 0 Å². The topological polar surface area (TPSA) is 80.0 Å². The molecule has 2 aromatic heterocycles. The number of benzene rings is 1. The number of rotatable bonds is 7. The number of thioether (sulfide) groups is 1. The zero-order valence-corrected chi connectivity index (χ0v) is 14.9. The Kier molecular flexibility index (Phi) is 5.67. The summed E-state index contributed by atoms with van der Waals surface area (Å²) >= 11 is 2.59. The first-order valence-corrected chi connectivity index (χ1v) is 9.19. The fraction of sp³-hybridized carbons (Fsp3) is 0.188. The van der Waals surface area contributed by atoms with E-state index in [1.54, 1.807) is 25.3 Å². The number of hydrogen-bond donors (Lipinski definition) is 2. The number of aromatic nitrogens is 2. The third kappa shape index (κ3) is 5.04. The maximum absolute atomic E-state index is 13.7. The second kappa shape index (κ2) is 8.13. The first-order chi connectivity index (χ1) is 12.1. The average Bonchev–Trinajstić information content (AvgIpc) is 3.25. The Morgan fingerprint density at radius 1 is 1.36 bits per heavy atom. The molecule has 0 bridgehead atoms. The lowest BCUT2D eigenvalue weighted by molar-refractivity contribution is -0.113. The molecule has 0 radical (unpaired) electrons. The molecule has 3 aromatic rings. The number of carbonyl (C=O) groups is 1. The van der Waals surface area contributed by atoms with Crippen molar-refractivity contribution in [3.05, 3.63) is 53.7 Å². The van der Waals surface area contributed by atoms with Crippen molar-refractivity contribution in [1.29, 1.82) is 0 Å². The van der Waals surface area contributed by atoms with Crippen molar-refractivity contribution in [1.82, 2.24) is 10.2 Å². The summed E-state index contributed by atoms with van der Waals surface area (Å²) in [5.74, 6) is 0.177. The van der Waals surface area contributed by atoms with E-state index in [9.17, 15) is 9.18 Å². The number of nitrogens with one attached hydrogen (secondary N) is 2. The monoisotopic (exact) mass is 378 g/mol. The summed E-state index contributed by atoms with van der Waals surface area (Å²) in [6, 6.07) is 8.35. The van der Waals surface area contributed by atoms with E-state index in [1.807, 2.05) is 12.1 Å². The van der Waals surface area contributed by atoms with E-state index in [1.165, 1.54) is 29.2 Å². The summed E-state index contributed by atoms with van der Waals surface area (Å²) in [7, 11) is 0. The van der Waals surface area contributed by atoms with E-state index in [0.717, 1.165) is 11.3 Å². The van der Waals surface area contributed by atoms with Gasteiger partial charge in [0.25, 0.3) is 0 Å². The molecule has 0 aliphatic rings. The SMILES string of the molecule is Cc1ccc(NC(=O)CSc2nnc(NCc3ccco3)s2)c(F)c1. The number of halogens is 1. The van der Waals surface area contributed by atoms with Crippen molar-refractivity contribution in [2.45, 2.75) is 17.8 Å². The van der Waals surface area contributed by atoms with Crippen LogP contribution in [0, 0.1) is 12.7 Å². The van der Waals surface area contributed by atoms with Gasteiger partial charge in [0.15, 0.2) is 4.34 Å². The molecule has 0 saturated carbocycles. The first kappa shape index (κ1) is 17.4. The van der Waals surface area contributed by atoms with E-state index >= 15 is 0 Å². The molecule has 0 spiro atoms. The Bertz CT molecular complexity index is 852. The molecule has 2 heterocycles. The lowest BCUT2D eigenvalue weighted by Crippen LogP contribution is -2.15. The van der Waals surface area contributed by atoms with Crippen LogP contribution in [0.5, 0.6) is 0 Å². The van der Waals surface area contributed by atoms with Crippen molar-refractivity contribution in [2.75, 3.05) is 16.4 Å². The predicted molar refractivity (Wildman–Crippen MR) is 96.4 cm³/mol. The Hall–Kier alpha value is -2.39. The molecule has 25 heavy (non-hydrogen) atoms. The summed E-state index contributed by atoms with van der Waals surface area (Å²) in [4.78, 5) is 11.9. The van der Waals surface area contributed by atoms with Crippen LogP contribution in [0.25, 0.3) is 0 Å². The van der Waals surface area contributed by atoms with Gasteiger partial charge in [0, 0.05) is 0 Å². The molecule has 0 atom stereocenters. The third-order valence-electron chi connectivity index (χ3n) is 3.13. The minimum Gasteiger partial charge on any atom is -0.467 e. The second-order valence-electron chi connectivity index (χ2n) is 5.13. The zero-order chi connectivity index (χ0) is 17.6. The van der Waals surface area contributed by atoms with Crippen LogP contribution in [0.2, 0.25) is 0 Å². The van der Waals surface area contributed by atoms with Crippen molar-refractivity contribution < 1.29 is 13.6 Å². The van der Waals surface area contributed by atoms with Gasteiger partial charge in [-0.3, -0.25) is 4.79 Å². The molecule has 1 aromatic carbocycles. The summed E-state index contributed by atoms with van der Waals surface area (Å²) in [6.45, 7) is 2.30. The van der Waals surface area contributed by atoms with Crippen molar-refractivity contribution in [3.63, 3.8) is 0 Å². The van der Waals surface area contributed by atoms with Gasteiger partial charge in [0.05, 0.1) is 24.2 Å². The molecule has 0 fully saturated rings. The van der Waals surface area contributed by atoms with Crippen LogP contribution in [-0.2, 0) is 11.3 Å². The fourth-order valence-electron chi connectivity index (χ4n) is 1.95. The normalized spacial score (nSPS) is 10.6. The number of hydrogen-bond acceptors (Lipinski definition) is 7. The predicted octanol–water partition coefficient (Wildman–Crippen LogP) is 3.92. The third-order valence-corrected chi connectivity index (χ3v) is 5.14. The van der Waals surface area contributed by atoms with Gasteiger partial charge >= 0.3 is 0 Å². The van der Waals surface area contributed by atoms with Gasteiger partial charge in [-0.25, -0.2) is 4.39 Å². The average molecular weight is 378 g/mol. The number of nitrogens with zero attached hydrogens (tertiary/aromatic N) is 2. The molecular weight excluding hydrogens is 363 g/mol. The second-order valence-corrected chi connectivity index (χ2v) is 7.33. The maximum Gasteiger partial charge on any atom is 0.234 e. The lowest BCUT2D eigenvalue weighted by atomic mass is 10.2. The highest BCUT2D eigenvalue weighted by atomic mass is 32.2. The van der Waals surface area contributed by atoms with Gasteiger partial charge in [0.2, 0.25) is 11.0 Å². The molecule has 0 saturated heterocycles. The van der Waals surface area contributed by atoms with E-state index in [2.05, 4.69) is 20.8 Å². The molecule has 1 amide bonds. The highest BCUT2D eigenvalue weighted by molar-refractivity contribution is 8.01. The molecule has 0 aliphatic carbocycles. The fourth-order valence-corrected chi connectivity index (χ4v) is 3.50. The van der Waals surface area contributed by atoms with Crippen molar-refractivity contribution in [3.8, 4) is 0 Å². The molecule has 2 N–H and O–H groups in total. The maximum atomic E-state index is 13.7. The molecule has 3 rings (SSSR count). The van der Waals surface area contributed by atoms with Gasteiger partial charge < -0.3 is 15.1 Å². The Labute approximate surface area is 151 Å². The zero-order valence-electron chi connectivity index (χ0n) is 13.3. The van der Waals surface area contributed by atoms with Crippen LogP contribution in [0.4, 0.5) is 15.2 Å². The molecule has 130 valence electrons.